The Labute approximate surface area is 124 Å². The molecule has 0 saturated carbocycles. The summed E-state index contributed by atoms with van der Waals surface area (Å²) in [7, 11) is 0. The van der Waals surface area contributed by atoms with E-state index in [1.807, 2.05) is 6.07 Å². The van der Waals surface area contributed by atoms with Gasteiger partial charge in [0.15, 0.2) is 0 Å². The van der Waals surface area contributed by atoms with Crippen molar-refractivity contribution in [3.05, 3.63) is 59.2 Å². The Balaban J connectivity index is 2.35. The van der Waals surface area contributed by atoms with Gasteiger partial charge < -0.3 is 4.74 Å². The van der Waals surface area contributed by atoms with Gasteiger partial charge in [0.25, 0.3) is 0 Å². The lowest BCUT2D eigenvalue weighted by Gasteiger charge is -2.13. The van der Waals surface area contributed by atoms with E-state index < -0.39 is 11.7 Å². The largest absolute Gasteiger partial charge is 0.457 e. The molecule has 0 saturated heterocycles. The normalized spacial score (nSPS) is 11.0. The first kappa shape index (κ1) is 15.2. The van der Waals surface area contributed by atoms with Crippen LogP contribution in [0.2, 0.25) is 0 Å². The summed E-state index contributed by atoms with van der Waals surface area (Å²) in [5, 5.41) is 8.78. The van der Waals surface area contributed by atoms with Crippen molar-refractivity contribution in [2.75, 3.05) is 0 Å². The molecule has 0 aliphatic heterocycles. The molecule has 0 aliphatic carbocycles. The van der Waals surface area contributed by atoms with Crippen molar-refractivity contribution in [1.82, 2.24) is 0 Å². The molecule has 0 fully saturated rings. The summed E-state index contributed by atoms with van der Waals surface area (Å²) in [5.74, 6) is 0.0889. The molecule has 0 bridgehead atoms. The molecular formula is C15H9ClF3NO. The van der Waals surface area contributed by atoms with Crippen LogP contribution in [0, 0.1) is 11.3 Å². The fraction of sp³-hybridized carbons (Fsp3) is 0.133. The first-order valence-corrected chi connectivity index (χ1v) is 6.41. The molecule has 21 heavy (non-hydrogen) atoms. The van der Waals surface area contributed by atoms with Gasteiger partial charge in [-0.15, -0.1) is 11.6 Å². The van der Waals surface area contributed by atoms with Gasteiger partial charge >= 0.3 is 6.18 Å². The van der Waals surface area contributed by atoms with Crippen LogP contribution >= 0.6 is 11.6 Å². The zero-order chi connectivity index (χ0) is 15.5. The molecule has 2 aromatic carbocycles. The third kappa shape index (κ3) is 3.67. The molecule has 0 unspecified atom stereocenters. The summed E-state index contributed by atoms with van der Waals surface area (Å²) >= 11 is 5.51. The second-order valence-electron chi connectivity index (χ2n) is 4.19. The quantitative estimate of drug-likeness (QED) is 0.738. The molecule has 108 valence electrons. The molecule has 0 aromatic heterocycles. The molecule has 0 heterocycles. The van der Waals surface area contributed by atoms with Crippen molar-refractivity contribution in [1.29, 1.82) is 5.26 Å². The smallest absolute Gasteiger partial charge is 0.416 e. The van der Waals surface area contributed by atoms with E-state index in [0.29, 0.717) is 11.3 Å². The summed E-state index contributed by atoms with van der Waals surface area (Å²) in [5.41, 5.74) is -0.477. The Kier molecular flexibility index (Phi) is 4.39. The van der Waals surface area contributed by atoms with Crippen molar-refractivity contribution in [3.8, 4) is 17.6 Å². The molecule has 0 radical (unpaired) electrons. The van der Waals surface area contributed by atoms with Gasteiger partial charge in [-0.2, -0.15) is 18.4 Å². The van der Waals surface area contributed by atoms with E-state index in [1.165, 1.54) is 18.2 Å². The van der Waals surface area contributed by atoms with Crippen LogP contribution in [0.1, 0.15) is 16.7 Å². The zero-order valence-electron chi connectivity index (χ0n) is 10.6. The number of alkyl halides is 4. The lowest BCUT2D eigenvalue weighted by Crippen LogP contribution is -2.08. The predicted molar refractivity (Wildman–Crippen MR) is 72.2 cm³/mol. The Morgan fingerprint density at radius 2 is 1.81 bits per heavy atom. The van der Waals surface area contributed by atoms with E-state index in [-0.39, 0.29) is 17.2 Å². The van der Waals surface area contributed by atoms with Gasteiger partial charge in [0.05, 0.1) is 17.2 Å². The highest BCUT2D eigenvalue weighted by Gasteiger charge is 2.33. The number of nitrogens with zero attached hydrogens (tertiary/aromatic N) is 1. The van der Waals surface area contributed by atoms with E-state index in [2.05, 4.69) is 0 Å². The number of ether oxygens (including phenoxy) is 1. The number of nitriles is 1. The van der Waals surface area contributed by atoms with Crippen molar-refractivity contribution >= 4 is 11.6 Å². The second kappa shape index (κ2) is 6.06. The van der Waals surface area contributed by atoms with E-state index in [9.17, 15) is 13.2 Å². The van der Waals surface area contributed by atoms with E-state index in [4.69, 9.17) is 21.6 Å². The summed E-state index contributed by atoms with van der Waals surface area (Å²) in [6.07, 6.45) is -4.50. The lowest BCUT2D eigenvalue weighted by molar-refractivity contribution is -0.138. The highest BCUT2D eigenvalue weighted by atomic mass is 35.5. The van der Waals surface area contributed by atoms with Crippen LogP contribution in [0.4, 0.5) is 13.2 Å². The molecule has 0 aliphatic rings. The first-order chi connectivity index (χ1) is 9.94. The highest BCUT2D eigenvalue weighted by Crippen LogP contribution is 2.36. The second-order valence-corrected chi connectivity index (χ2v) is 4.46. The average Bonchev–Trinajstić information content (AvgIpc) is 2.46. The van der Waals surface area contributed by atoms with Crippen LogP contribution in [0.25, 0.3) is 0 Å². The third-order valence-electron chi connectivity index (χ3n) is 2.73. The van der Waals surface area contributed by atoms with Crippen LogP contribution in [-0.2, 0) is 12.1 Å². The van der Waals surface area contributed by atoms with E-state index in [0.717, 1.165) is 6.07 Å². The molecule has 6 heteroatoms. The van der Waals surface area contributed by atoms with Crippen molar-refractivity contribution in [2.45, 2.75) is 12.1 Å². The lowest BCUT2D eigenvalue weighted by atomic mass is 10.1. The SMILES string of the molecule is N#Cc1cccc(Oc2ccc(CCl)c(C(F)(F)F)c2)c1. The molecule has 0 spiro atoms. The average molecular weight is 312 g/mol. The fourth-order valence-electron chi connectivity index (χ4n) is 1.76. The number of hydrogen-bond donors (Lipinski definition) is 0. The first-order valence-electron chi connectivity index (χ1n) is 5.88. The van der Waals surface area contributed by atoms with Crippen molar-refractivity contribution in [3.63, 3.8) is 0 Å². The van der Waals surface area contributed by atoms with Crippen LogP contribution in [0.5, 0.6) is 11.5 Å². The Hall–Kier alpha value is -2.19. The van der Waals surface area contributed by atoms with Gasteiger partial charge in [-0.25, -0.2) is 0 Å². The highest BCUT2D eigenvalue weighted by molar-refractivity contribution is 6.17. The molecular weight excluding hydrogens is 303 g/mol. The van der Waals surface area contributed by atoms with Crippen molar-refractivity contribution < 1.29 is 17.9 Å². The van der Waals surface area contributed by atoms with Crippen LogP contribution in [0.3, 0.4) is 0 Å². The fourth-order valence-corrected chi connectivity index (χ4v) is 2.00. The van der Waals surface area contributed by atoms with E-state index in [1.54, 1.807) is 18.2 Å². The maximum Gasteiger partial charge on any atom is 0.416 e. The maximum absolute atomic E-state index is 12.9. The van der Waals surface area contributed by atoms with Gasteiger partial charge in [-0.3, -0.25) is 0 Å². The molecule has 2 rings (SSSR count). The topological polar surface area (TPSA) is 33.0 Å². The van der Waals surface area contributed by atoms with Crippen molar-refractivity contribution in [2.24, 2.45) is 0 Å². The summed E-state index contributed by atoms with van der Waals surface area (Å²) in [4.78, 5) is 0. The summed E-state index contributed by atoms with van der Waals surface area (Å²) in [6, 6.07) is 11.7. The predicted octanol–water partition coefficient (Wildman–Crippen LogP) is 5.11. The van der Waals surface area contributed by atoms with Gasteiger partial charge in [-0.05, 0) is 35.9 Å². The maximum atomic E-state index is 12.9. The Morgan fingerprint density at radius 1 is 1.10 bits per heavy atom. The number of benzene rings is 2. The monoisotopic (exact) mass is 311 g/mol. The van der Waals surface area contributed by atoms with Gasteiger partial charge in [0.2, 0.25) is 0 Å². The number of halogens is 4. The third-order valence-corrected chi connectivity index (χ3v) is 3.02. The molecule has 0 N–H and O–H groups in total. The van der Waals surface area contributed by atoms with Gasteiger partial charge in [0.1, 0.15) is 11.5 Å². The Morgan fingerprint density at radius 3 is 2.43 bits per heavy atom. The minimum absolute atomic E-state index is 0.0118. The molecule has 0 amide bonds. The minimum atomic E-state index is -4.50. The standard InChI is InChI=1S/C15H9ClF3NO/c16-8-11-4-5-13(7-14(11)15(17,18)19)21-12-3-1-2-10(6-12)9-20/h1-7H,8H2. The molecule has 2 aromatic rings. The summed E-state index contributed by atoms with van der Waals surface area (Å²) in [6.45, 7) is 0. The van der Waals surface area contributed by atoms with E-state index >= 15 is 0 Å². The van der Waals surface area contributed by atoms with Gasteiger partial charge in [0, 0.05) is 5.88 Å². The summed E-state index contributed by atoms with van der Waals surface area (Å²) < 4.78 is 44.1. The minimum Gasteiger partial charge on any atom is -0.457 e. The molecule has 0 atom stereocenters. The van der Waals surface area contributed by atoms with Crippen LogP contribution < -0.4 is 4.74 Å². The number of hydrogen-bond acceptors (Lipinski definition) is 2. The Bertz CT molecular complexity index is 692. The van der Waals surface area contributed by atoms with Crippen LogP contribution in [0.15, 0.2) is 42.5 Å². The molecule has 2 nitrogen and oxygen atoms in total. The number of rotatable bonds is 3. The van der Waals surface area contributed by atoms with Gasteiger partial charge in [-0.1, -0.05) is 12.1 Å². The zero-order valence-corrected chi connectivity index (χ0v) is 11.4. The van der Waals surface area contributed by atoms with Crippen LogP contribution in [-0.4, -0.2) is 0 Å².